The minimum absolute atomic E-state index is 0.801. The SMILES string of the molecule is Brc1cn2cc(Br)nc2cn1. The molecule has 2 heterocycles. The molecule has 0 fully saturated rings. The van der Waals surface area contributed by atoms with Gasteiger partial charge in [-0.15, -0.1) is 0 Å². The number of fused-ring (bicyclic) bond motifs is 1. The van der Waals surface area contributed by atoms with Crippen LogP contribution in [-0.2, 0) is 0 Å². The summed E-state index contributed by atoms with van der Waals surface area (Å²) in [6.07, 6.45) is 5.43. The quantitative estimate of drug-likeness (QED) is 0.739. The molecule has 0 saturated heterocycles. The molecule has 0 N–H and O–H groups in total. The van der Waals surface area contributed by atoms with E-state index >= 15 is 0 Å². The lowest BCUT2D eigenvalue weighted by Crippen LogP contribution is -1.84. The number of nitrogens with zero attached hydrogens (tertiary/aromatic N) is 3. The molecule has 0 bridgehead atoms. The Kier molecular flexibility index (Phi) is 1.69. The monoisotopic (exact) mass is 275 g/mol. The molecule has 0 atom stereocenters. The highest BCUT2D eigenvalue weighted by Gasteiger charge is 1.97. The number of hydrogen-bond acceptors (Lipinski definition) is 2. The summed E-state index contributed by atoms with van der Waals surface area (Å²) in [4.78, 5) is 8.18. The van der Waals surface area contributed by atoms with Gasteiger partial charge in [-0.1, -0.05) is 0 Å². The summed E-state index contributed by atoms with van der Waals surface area (Å²) >= 11 is 6.54. The Labute approximate surface area is 79.7 Å². The lowest BCUT2D eigenvalue weighted by Gasteiger charge is -1.90. The highest BCUT2D eigenvalue weighted by molar-refractivity contribution is 9.10. The summed E-state index contributed by atoms with van der Waals surface area (Å²) in [7, 11) is 0. The second-order valence-electron chi connectivity index (χ2n) is 2.04. The van der Waals surface area contributed by atoms with Crippen molar-refractivity contribution in [1.82, 2.24) is 14.4 Å². The molecular formula is C6H3Br2N3. The second-order valence-corrected chi connectivity index (χ2v) is 3.66. The molecule has 56 valence electrons. The fourth-order valence-corrected chi connectivity index (χ4v) is 1.57. The number of hydrogen-bond donors (Lipinski definition) is 0. The van der Waals surface area contributed by atoms with Crippen LogP contribution in [0, 0.1) is 0 Å². The van der Waals surface area contributed by atoms with Gasteiger partial charge in [-0.25, -0.2) is 9.97 Å². The van der Waals surface area contributed by atoms with Crippen LogP contribution in [-0.4, -0.2) is 14.4 Å². The highest BCUT2D eigenvalue weighted by Crippen LogP contribution is 2.12. The molecule has 0 unspecified atom stereocenters. The normalized spacial score (nSPS) is 10.7. The van der Waals surface area contributed by atoms with E-state index < -0.39 is 0 Å². The van der Waals surface area contributed by atoms with E-state index in [2.05, 4.69) is 41.8 Å². The van der Waals surface area contributed by atoms with Gasteiger partial charge in [0.15, 0.2) is 5.65 Å². The van der Waals surface area contributed by atoms with Crippen molar-refractivity contribution in [3.63, 3.8) is 0 Å². The van der Waals surface area contributed by atoms with Gasteiger partial charge in [0, 0.05) is 12.4 Å². The first-order valence-corrected chi connectivity index (χ1v) is 4.50. The van der Waals surface area contributed by atoms with Crippen molar-refractivity contribution in [2.45, 2.75) is 0 Å². The van der Waals surface area contributed by atoms with E-state index in [9.17, 15) is 0 Å². The molecule has 0 aliphatic carbocycles. The zero-order valence-electron chi connectivity index (χ0n) is 5.33. The summed E-state index contributed by atoms with van der Waals surface area (Å²) in [6, 6.07) is 0. The molecule has 2 aromatic heterocycles. The van der Waals surface area contributed by atoms with Gasteiger partial charge in [-0.2, -0.15) is 0 Å². The Bertz CT molecular complexity index is 396. The molecule has 0 aliphatic rings. The summed E-state index contributed by atoms with van der Waals surface area (Å²) < 4.78 is 3.51. The molecule has 0 aliphatic heterocycles. The Morgan fingerprint density at radius 3 is 2.73 bits per heavy atom. The van der Waals surface area contributed by atoms with E-state index in [0.717, 1.165) is 14.9 Å². The number of rotatable bonds is 0. The Balaban J connectivity index is 2.82. The average molecular weight is 277 g/mol. The predicted octanol–water partition coefficient (Wildman–Crippen LogP) is 2.25. The van der Waals surface area contributed by atoms with E-state index in [1.54, 1.807) is 6.20 Å². The van der Waals surface area contributed by atoms with Crippen LogP contribution < -0.4 is 0 Å². The average Bonchev–Trinajstić information content (AvgIpc) is 2.27. The largest absolute Gasteiger partial charge is 0.302 e. The first-order chi connectivity index (χ1) is 5.25. The molecule has 11 heavy (non-hydrogen) atoms. The van der Waals surface area contributed by atoms with E-state index in [1.165, 1.54) is 0 Å². The third kappa shape index (κ3) is 1.30. The molecule has 3 nitrogen and oxygen atoms in total. The summed E-state index contributed by atoms with van der Waals surface area (Å²) in [5.74, 6) is 0. The number of halogens is 2. The zero-order chi connectivity index (χ0) is 7.84. The van der Waals surface area contributed by atoms with Crippen molar-refractivity contribution in [3.05, 3.63) is 27.8 Å². The van der Waals surface area contributed by atoms with Gasteiger partial charge in [0.2, 0.25) is 0 Å². The molecule has 0 spiro atoms. The maximum atomic E-state index is 4.15. The standard InChI is InChI=1S/C6H3Br2N3/c7-4-2-11-3-5(8)10-6(11)1-9-4/h1-3H. The first kappa shape index (κ1) is 7.24. The number of aromatic nitrogens is 3. The Morgan fingerprint density at radius 1 is 1.18 bits per heavy atom. The zero-order valence-corrected chi connectivity index (χ0v) is 8.50. The van der Waals surface area contributed by atoms with Crippen LogP contribution in [0.1, 0.15) is 0 Å². The van der Waals surface area contributed by atoms with Crippen LogP contribution in [0.4, 0.5) is 0 Å². The minimum atomic E-state index is 0.801. The third-order valence-electron chi connectivity index (χ3n) is 1.28. The Hall–Kier alpha value is -0.420. The lowest BCUT2D eigenvalue weighted by atomic mass is 10.7. The topological polar surface area (TPSA) is 30.2 Å². The lowest BCUT2D eigenvalue weighted by molar-refractivity contribution is 1.10. The highest BCUT2D eigenvalue weighted by atomic mass is 79.9. The van der Waals surface area contributed by atoms with Crippen LogP contribution in [0.3, 0.4) is 0 Å². The van der Waals surface area contributed by atoms with Gasteiger partial charge >= 0.3 is 0 Å². The smallest absolute Gasteiger partial charge is 0.156 e. The Morgan fingerprint density at radius 2 is 1.91 bits per heavy atom. The van der Waals surface area contributed by atoms with Crippen molar-refractivity contribution >= 4 is 37.5 Å². The second kappa shape index (κ2) is 2.57. The van der Waals surface area contributed by atoms with Crippen LogP contribution in [0.2, 0.25) is 0 Å². The van der Waals surface area contributed by atoms with Crippen LogP contribution >= 0.6 is 31.9 Å². The molecule has 0 aromatic carbocycles. The molecule has 0 radical (unpaired) electrons. The van der Waals surface area contributed by atoms with Gasteiger partial charge in [-0.3, -0.25) is 0 Å². The van der Waals surface area contributed by atoms with Gasteiger partial charge in [0.05, 0.1) is 6.20 Å². The summed E-state index contributed by atoms with van der Waals surface area (Å²) in [5.41, 5.74) is 0.833. The van der Waals surface area contributed by atoms with Crippen molar-refractivity contribution in [1.29, 1.82) is 0 Å². The van der Waals surface area contributed by atoms with Gasteiger partial charge in [0.1, 0.15) is 9.21 Å². The fourth-order valence-electron chi connectivity index (χ4n) is 0.843. The van der Waals surface area contributed by atoms with Gasteiger partial charge in [0.25, 0.3) is 0 Å². The summed E-state index contributed by atoms with van der Waals surface area (Å²) in [6.45, 7) is 0. The van der Waals surface area contributed by atoms with Crippen molar-refractivity contribution in [2.24, 2.45) is 0 Å². The molecule has 5 heteroatoms. The van der Waals surface area contributed by atoms with E-state index in [1.807, 2.05) is 16.8 Å². The fraction of sp³-hybridized carbons (Fsp3) is 0. The maximum absolute atomic E-state index is 4.15. The predicted molar refractivity (Wildman–Crippen MR) is 48.4 cm³/mol. The van der Waals surface area contributed by atoms with Crippen molar-refractivity contribution in [3.8, 4) is 0 Å². The van der Waals surface area contributed by atoms with E-state index in [4.69, 9.17) is 0 Å². The van der Waals surface area contributed by atoms with Crippen LogP contribution in [0.25, 0.3) is 5.65 Å². The molecule has 0 saturated carbocycles. The van der Waals surface area contributed by atoms with Gasteiger partial charge < -0.3 is 4.40 Å². The van der Waals surface area contributed by atoms with Gasteiger partial charge in [-0.05, 0) is 31.9 Å². The molecule has 2 rings (SSSR count). The summed E-state index contributed by atoms with van der Waals surface area (Å²) in [5, 5.41) is 0. The van der Waals surface area contributed by atoms with E-state index in [0.29, 0.717) is 0 Å². The van der Waals surface area contributed by atoms with E-state index in [-0.39, 0.29) is 0 Å². The number of imidazole rings is 1. The molecule has 0 amide bonds. The molecule has 2 aromatic rings. The van der Waals surface area contributed by atoms with Crippen LogP contribution in [0.5, 0.6) is 0 Å². The first-order valence-electron chi connectivity index (χ1n) is 2.91. The van der Waals surface area contributed by atoms with Crippen LogP contribution in [0.15, 0.2) is 27.8 Å². The third-order valence-corrected chi connectivity index (χ3v) is 2.07. The van der Waals surface area contributed by atoms with Crippen molar-refractivity contribution < 1.29 is 0 Å². The van der Waals surface area contributed by atoms with Crippen molar-refractivity contribution in [2.75, 3.05) is 0 Å². The maximum Gasteiger partial charge on any atom is 0.156 e. The molecular weight excluding hydrogens is 274 g/mol. The minimum Gasteiger partial charge on any atom is -0.302 e.